The van der Waals surface area contributed by atoms with Crippen LogP contribution in [0.1, 0.15) is 29.7 Å². The molecule has 0 unspecified atom stereocenters. The lowest BCUT2D eigenvalue weighted by molar-refractivity contribution is -0.113. The van der Waals surface area contributed by atoms with Gasteiger partial charge in [-0.2, -0.15) is 0 Å². The lowest BCUT2D eigenvalue weighted by Gasteiger charge is -2.30. The van der Waals surface area contributed by atoms with Crippen molar-refractivity contribution in [1.29, 1.82) is 0 Å². The molecule has 3 rings (SSSR count). The Hall–Kier alpha value is -2.73. The minimum Gasteiger partial charge on any atom is -0.351 e. The van der Waals surface area contributed by atoms with Gasteiger partial charge in [0, 0.05) is 16.9 Å². The lowest BCUT2D eigenvalue weighted by atomic mass is 9.94. The fraction of sp³-hybridized carbons (Fsp3) is 0.200. The van der Waals surface area contributed by atoms with Crippen LogP contribution in [0.2, 0.25) is 0 Å². The molecular formula is C20H20FN3OS. The summed E-state index contributed by atoms with van der Waals surface area (Å²) >= 11 is 5.20. The molecule has 2 aromatic carbocycles. The maximum atomic E-state index is 14.3. The highest BCUT2D eigenvalue weighted by molar-refractivity contribution is 7.80. The summed E-state index contributed by atoms with van der Waals surface area (Å²) in [6, 6.07) is 11.5. The van der Waals surface area contributed by atoms with E-state index in [2.05, 4.69) is 16.0 Å². The molecule has 1 atom stereocenters. The molecule has 4 nitrogen and oxygen atoms in total. The number of carbonyl (C=O) groups is 1. The number of allylic oxidation sites excluding steroid dienone is 1. The van der Waals surface area contributed by atoms with E-state index in [4.69, 9.17) is 12.2 Å². The largest absolute Gasteiger partial charge is 0.351 e. The van der Waals surface area contributed by atoms with Crippen molar-refractivity contribution >= 4 is 28.9 Å². The molecule has 0 aromatic heterocycles. The number of hydrogen-bond acceptors (Lipinski definition) is 2. The summed E-state index contributed by atoms with van der Waals surface area (Å²) in [7, 11) is 0. The number of halogens is 1. The van der Waals surface area contributed by atoms with Crippen molar-refractivity contribution in [1.82, 2.24) is 10.6 Å². The maximum absolute atomic E-state index is 14.3. The molecule has 3 N–H and O–H groups in total. The molecule has 1 amide bonds. The lowest BCUT2D eigenvalue weighted by Crippen LogP contribution is -2.46. The Kier molecular flexibility index (Phi) is 5.04. The Morgan fingerprint density at radius 3 is 2.42 bits per heavy atom. The van der Waals surface area contributed by atoms with Gasteiger partial charge >= 0.3 is 0 Å². The van der Waals surface area contributed by atoms with Crippen LogP contribution >= 0.6 is 12.2 Å². The average Bonchev–Trinajstić information content (AvgIpc) is 2.53. The van der Waals surface area contributed by atoms with Gasteiger partial charge in [-0.05, 0) is 62.3 Å². The SMILES string of the molecule is CC1=C(C(=O)Nc2cc(C)cc(C)c2)[C@H](c2ccccc2F)NC(=S)N1. The van der Waals surface area contributed by atoms with E-state index in [0.717, 1.165) is 11.1 Å². The van der Waals surface area contributed by atoms with Crippen LogP contribution in [0.3, 0.4) is 0 Å². The standard InChI is InChI=1S/C20H20FN3OS/c1-11-8-12(2)10-14(9-11)23-19(25)17-13(3)22-20(26)24-18(17)15-6-4-5-7-16(15)21/h4-10,18H,1-3H3,(H,23,25)(H2,22,24,26)/t18-/m0/s1. The van der Waals surface area contributed by atoms with Gasteiger partial charge in [0.15, 0.2) is 5.11 Å². The molecule has 1 aliphatic heterocycles. The molecule has 0 aliphatic carbocycles. The third kappa shape index (κ3) is 3.75. The van der Waals surface area contributed by atoms with Crippen molar-refractivity contribution in [3.8, 4) is 0 Å². The Morgan fingerprint density at radius 2 is 1.77 bits per heavy atom. The zero-order chi connectivity index (χ0) is 18.8. The van der Waals surface area contributed by atoms with E-state index in [-0.39, 0.29) is 11.7 Å². The minimum absolute atomic E-state index is 0.303. The summed E-state index contributed by atoms with van der Waals surface area (Å²) < 4.78 is 14.3. The smallest absolute Gasteiger partial charge is 0.255 e. The van der Waals surface area contributed by atoms with Gasteiger partial charge in [0.1, 0.15) is 5.82 Å². The molecule has 0 radical (unpaired) electrons. The Morgan fingerprint density at radius 1 is 1.12 bits per heavy atom. The highest BCUT2D eigenvalue weighted by atomic mass is 32.1. The van der Waals surface area contributed by atoms with Crippen molar-refractivity contribution in [2.45, 2.75) is 26.8 Å². The second kappa shape index (κ2) is 7.25. The summed E-state index contributed by atoms with van der Waals surface area (Å²) in [4.78, 5) is 13.0. The van der Waals surface area contributed by atoms with Gasteiger partial charge in [0.25, 0.3) is 5.91 Å². The van der Waals surface area contributed by atoms with Crippen LogP contribution in [-0.4, -0.2) is 11.0 Å². The molecule has 26 heavy (non-hydrogen) atoms. The highest BCUT2D eigenvalue weighted by Crippen LogP contribution is 2.29. The first-order chi connectivity index (χ1) is 12.3. The van der Waals surface area contributed by atoms with Gasteiger partial charge < -0.3 is 16.0 Å². The minimum atomic E-state index is -0.657. The van der Waals surface area contributed by atoms with Crippen LogP contribution in [0.4, 0.5) is 10.1 Å². The first-order valence-corrected chi connectivity index (χ1v) is 8.68. The number of aryl methyl sites for hydroxylation is 2. The molecule has 2 aromatic rings. The number of anilines is 1. The fourth-order valence-corrected chi connectivity index (χ4v) is 3.45. The zero-order valence-corrected chi connectivity index (χ0v) is 15.6. The van der Waals surface area contributed by atoms with Gasteiger partial charge in [-0.3, -0.25) is 4.79 Å². The number of amides is 1. The normalized spacial score (nSPS) is 16.8. The molecule has 6 heteroatoms. The molecule has 0 bridgehead atoms. The van der Waals surface area contributed by atoms with E-state index in [1.54, 1.807) is 25.1 Å². The first kappa shape index (κ1) is 18.1. The molecule has 0 spiro atoms. The fourth-order valence-electron chi connectivity index (χ4n) is 3.18. The third-order valence-electron chi connectivity index (χ3n) is 4.21. The second-order valence-corrected chi connectivity index (χ2v) is 6.83. The van der Waals surface area contributed by atoms with Gasteiger partial charge in [-0.15, -0.1) is 0 Å². The Balaban J connectivity index is 1.98. The molecule has 0 saturated carbocycles. The van der Waals surface area contributed by atoms with E-state index >= 15 is 0 Å². The van der Waals surface area contributed by atoms with Gasteiger partial charge in [-0.25, -0.2) is 4.39 Å². The summed E-state index contributed by atoms with van der Waals surface area (Å²) in [5, 5.41) is 9.23. The van der Waals surface area contributed by atoms with Crippen LogP contribution in [0.5, 0.6) is 0 Å². The van der Waals surface area contributed by atoms with Gasteiger partial charge in [0.05, 0.1) is 11.6 Å². The summed E-state index contributed by atoms with van der Waals surface area (Å²) in [6.07, 6.45) is 0. The number of hydrogen-bond donors (Lipinski definition) is 3. The molecule has 0 fully saturated rings. The van der Waals surface area contributed by atoms with Crippen LogP contribution in [0.15, 0.2) is 53.7 Å². The van der Waals surface area contributed by atoms with E-state index in [0.29, 0.717) is 27.6 Å². The molecule has 0 saturated heterocycles. The van der Waals surface area contributed by atoms with E-state index in [9.17, 15) is 9.18 Å². The van der Waals surface area contributed by atoms with Crippen molar-refractivity contribution in [2.24, 2.45) is 0 Å². The quantitative estimate of drug-likeness (QED) is 0.719. The van der Waals surface area contributed by atoms with Crippen LogP contribution in [0.25, 0.3) is 0 Å². The Labute approximate surface area is 157 Å². The number of rotatable bonds is 3. The van der Waals surface area contributed by atoms with Crippen LogP contribution < -0.4 is 16.0 Å². The maximum Gasteiger partial charge on any atom is 0.255 e. The van der Waals surface area contributed by atoms with E-state index < -0.39 is 6.04 Å². The predicted molar refractivity (Wildman–Crippen MR) is 105 cm³/mol. The number of benzene rings is 2. The third-order valence-corrected chi connectivity index (χ3v) is 4.43. The topological polar surface area (TPSA) is 53.2 Å². The van der Waals surface area contributed by atoms with Crippen molar-refractivity contribution < 1.29 is 9.18 Å². The molecule has 134 valence electrons. The van der Waals surface area contributed by atoms with E-state index in [1.165, 1.54) is 6.07 Å². The highest BCUT2D eigenvalue weighted by Gasteiger charge is 2.31. The van der Waals surface area contributed by atoms with Crippen molar-refractivity contribution in [2.75, 3.05) is 5.32 Å². The van der Waals surface area contributed by atoms with Crippen molar-refractivity contribution in [3.05, 3.63) is 76.2 Å². The number of nitrogens with one attached hydrogen (secondary N) is 3. The molecular weight excluding hydrogens is 349 g/mol. The first-order valence-electron chi connectivity index (χ1n) is 8.27. The van der Waals surface area contributed by atoms with Crippen LogP contribution in [-0.2, 0) is 4.79 Å². The Bertz CT molecular complexity index is 903. The summed E-state index contributed by atoms with van der Waals surface area (Å²) in [6.45, 7) is 5.70. The second-order valence-electron chi connectivity index (χ2n) is 6.42. The predicted octanol–water partition coefficient (Wildman–Crippen LogP) is 3.87. The van der Waals surface area contributed by atoms with Crippen LogP contribution in [0, 0.1) is 19.7 Å². The van der Waals surface area contributed by atoms with Crippen molar-refractivity contribution in [3.63, 3.8) is 0 Å². The summed E-state index contributed by atoms with van der Waals surface area (Å²) in [5.41, 5.74) is 4.19. The molecule has 1 heterocycles. The number of thiocarbonyl (C=S) groups is 1. The van der Waals surface area contributed by atoms with Gasteiger partial charge in [0.2, 0.25) is 0 Å². The number of carbonyl (C=O) groups excluding carboxylic acids is 1. The molecule has 1 aliphatic rings. The van der Waals surface area contributed by atoms with E-state index in [1.807, 2.05) is 32.0 Å². The monoisotopic (exact) mass is 369 g/mol. The average molecular weight is 369 g/mol. The zero-order valence-electron chi connectivity index (χ0n) is 14.8. The summed E-state index contributed by atoms with van der Waals surface area (Å²) in [5.74, 6) is -0.692. The van der Waals surface area contributed by atoms with Gasteiger partial charge in [-0.1, -0.05) is 24.3 Å².